The normalized spacial score (nSPS) is 14.9. The van der Waals surface area contributed by atoms with Crippen LogP contribution in [0.15, 0.2) is 18.2 Å². The number of hydrogen-bond donors (Lipinski definition) is 0. The van der Waals surface area contributed by atoms with Gasteiger partial charge in [0.25, 0.3) is 5.91 Å². The Labute approximate surface area is 82.1 Å². The fourth-order valence-electron chi connectivity index (χ4n) is 1.63. The lowest BCUT2D eigenvalue weighted by Gasteiger charge is -2.10. The minimum absolute atomic E-state index is 0.0584. The quantitative estimate of drug-likeness (QED) is 0.674. The molecule has 13 heavy (non-hydrogen) atoms. The first-order chi connectivity index (χ1) is 6.24. The maximum atomic E-state index is 11.7. The van der Waals surface area contributed by atoms with Crippen molar-refractivity contribution in [3.05, 3.63) is 34.3 Å². The van der Waals surface area contributed by atoms with Crippen LogP contribution in [0.25, 0.3) is 0 Å². The van der Waals surface area contributed by atoms with E-state index in [9.17, 15) is 4.79 Å². The second-order valence-corrected chi connectivity index (χ2v) is 3.50. The largest absolute Gasteiger partial charge is 0.335 e. The summed E-state index contributed by atoms with van der Waals surface area (Å²) in [5, 5.41) is 0.568. The van der Waals surface area contributed by atoms with Gasteiger partial charge in [-0.25, -0.2) is 0 Å². The van der Waals surface area contributed by atoms with Gasteiger partial charge in [-0.3, -0.25) is 4.79 Å². The maximum absolute atomic E-state index is 11.7. The third-order valence-electron chi connectivity index (χ3n) is 2.34. The summed E-state index contributed by atoms with van der Waals surface area (Å²) in [6.45, 7) is 3.41. The highest BCUT2D eigenvalue weighted by molar-refractivity contribution is 6.34. The molecule has 0 aromatic heterocycles. The molecule has 0 unspecified atom stereocenters. The van der Waals surface area contributed by atoms with Crippen LogP contribution < -0.4 is 0 Å². The fourth-order valence-corrected chi connectivity index (χ4v) is 1.91. The Hall–Kier alpha value is -1.02. The summed E-state index contributed by atoms with van der Waals surface area (Å²) in [4.78, 5) is 13.5. The molecule has 0 atom stereocenters. The van der Waals surface area contributed by atoms with Crippen LogP contribution in [0.4, 0.5) is 0 Å². The molecule has 0 saturated carbocycles. The van der Waals surface area contributed by atoms with Gasteiger partial charge in [0.15, 0.2) is 0 Å². The van der Waals surface area contributed by atoms with Gasteiger partial charge in [-0.2, -0.15) is 0 Å². The van der Waals surface area contributed by atoms with Gasteiger partial charge in [0, 0.05) is 13.1 Å². The van der Waals surface area contributed by atoms with E-state index in [0.29, 0.717) is 17.1 Å². The first-order valence-corrected chi connectivity index (χ1v) is 4.68. The lowest BCUT2D eigenvalue weighted by atomic mass is 10.1. The number of fused-ring (bicyclic) bond motifs is 1. The molecule has 2 rings (SSSR count). The van der Waals surface area contributed by atoms with Crippen LogP contribution in [0.3, 0.4) is 0 Å². The Morgan fingerprint density at radius 2 is 2.31 bits per heavy atom. The highest BCUT2D eigenvalue weighted by Gasteiger charge is 2.27. The molecule has 0 saturated heterocycles. The number of carbonyl (C=O) groups excluding carboxylic acids is 1. The molecule has 68 valence electrons. The summed E-state index contributed by atoms with van der Waals surface area (Å²) in [5.41, 5.74) is 1.73. The molecule has 0 N–H and O–H groups in total. The van der Waals surface area contributed by atoms with Gasteiger partial charge >= 0.3 is 0 Å². The Morgan fingerprint density at radius 3 is 2.92 bits per heavy atom. The predicted molar refractivity (Wildman–Crippen MR) is 51.9 cm³/mol. The number of carbonyl (C=O) groups is 1. The maximum Gasteiger partial charge on any atom is 0.256 e. The summed E-state index contributed by atoms with van der Waals surface area (Å²) < 4.78 is 0. The van der Waals surface area contributed by atoms with E-state index in [1.165, 1.54) is 0 Å². The fraction of sp³-hybridized carbons (Fsp3) is 0.300. The highest BCUT2D eigenvalue weighted by Crippen LogP contribution is 2.28. The zero-order chi connectivity index (χ0) is 9.42. The lowest BCUT2D eigenvalue weighted by molar-refractivity contribution is 0.0787. The third-order valence-corrected chi connectivity index (χ3v) is 2.66. The van der Waals surface area contributed by atoms with Gasteiger partial charge in [0.05, 0.1) is 10.6 Å². The molecule has 1 aliphatic heterocycles. The van der Waals surface area contributed by atoms with Gasteiger partial charge in [0.1, 0.15) is 0 Å². The minimum Gasteiger partial charge on any atom is -0.335 e. The monoisotopic (exact) mass is 195 g/mol. The van der Waals surface area contributed by atoms with Crippen molar-refractivity contribution in [2.45, 2.75) is 13.5 Å². The van der Waals surface area contributed by atoms with Crippen LogP contribution in [0.2, 0.25) is 5.02 Å². The molecule has 1 amide bonds. The lowest BCUT2D eigenvalue weighted by Crippen LogP contribution is -2.23. The molecule has 1 aromatic rings. The summed E-state index contributed by atoms with van der Waals surface area (Å²) in [7, 11) is 0. The Morgan fingerprint density at radius 1 is 1.54 bits per heavy atom. The van der Waals surface area contributed by atoms with Crippen molar-refractivity contribution >= 4 is 17.5 Å². The van der Waals surface area contributed by atoms with Crippen molar-refractivity contribution < 1.29 is 4.79 Å². The van der Waals surface area contributed by atoms with Crippen molar-refractivity contribution in [3.63, 3.8) is 0 Å². The van der Waals surface area contributed by atoms with E-state index in [-0.39, 0.29) is 5.91 Å². The molecule has 0 aliphatic carbocycles. The van der Waals surface area contributed by atoms with Crippen molar-refractivity contribution in [1.29, 1.82) is 0 Å². The molecule has 0 fully saturated rings. The van der Waals surface area contributed by atoms with E-state index in [2.05, 4.69) is 0 Å². The molecule has 0 spiro atoms. The minimum atomic E-state index is 0.0584. The van der Waals surface area contributed by atoms with Gasteiger partial charge in [0.2, 0.25) is 0 Å². The van der Waals surface area contributed by atoms with Crippen molar-refractivity contribution in [2.75, 3.05) is 6.54 Å². The molecule has 2 nitrogen and oxygen atoms in total. The number of amides is 1. The molecule has 3 heteroatoms. The second-order valence-electron chi connectivity index (χ2n) is 3.09. The Bertz CT molecular complexity index is 362. The van der Waals surface area contributed by atoms with E-state index in [1.54, 1.807) is 11.0 Å². The van der Waals surface area contributed by atoms with Gasteiger partial charge in [-0.05, 0) is 18.6 Å². The highest BCUT2D eigenvalue weighted by atomic mass is 35.5. The van der Waals surface area contributed by atoms with Crippen molar-refractivity contribution in [3.8, 4) is 0 Å². The van der Waals surface area contributed by atoms with Gasteiger partial charge in [-0.1, -0.05) is 23.7 Å². The van der Waals surface area contributed by atoms with Crippen LogP contribution >= 0.6 is 11.6 Å². The van der Waals surface area contributed by atoms with Crippen LogP contribution in [0.1, 0.15) is 22.8 Å². The number of rotatable bonds is 1. The van der Waals surface area contributed by atoms with E-state index in [1.807, 2.05) is 19.1 Å². The third kappa shape index (κ3) is 1.22. The molecular formula is C10H10ClNO. The van der Waals surface area contributed by atoms with Crippen LogP contribution in [-0.4, -0.2) is 17.4 Å². The first-order valence-electron chi connectivity index (χ1n) is 4.30. The summed E-state index contributed by atoms with van der Waals surface area (Å²) in [6, 6.07) is 5.60. The average Bonchev–Trinajstić information content (AvgIpc) is 2.44. The molecule has 0 bridgehead atoms. The Balaban J connectivity index is 2.50. The molecule has 1 aliphatic rings. The molecule has 1 heterocycles. The van der Waals surface area contributed by atoms with Crippen molar-refractivity contribution in [1.82, 2.24) is 4.90 Å². The molecule has 1 aromatic carbocycles. The van der Waals surface area contributed by atoms with E-state index < -0.39 is 0 Å². The van der Waals surface area contributed by atoms with Crippen LogP contribution in [0.5, 0.6) is 0 Å². The SMILES string of the molecule is CCN1Cc2cccc(Cl)c2C1=O. The van der Waals surface area contributed by atoms with Gasteiger partial charge < -0.3 is 4.90 Å². The van der Waals surface area contributed by atoms with Gasteiger partial charge in [-0.15, -0.1) is 0 Å². The van der Waals surface area contributed by atoms with E-state index in [0.717, 1.165) is 12.1 Å². The average molecular weight is 196 g/mol. The Kier molecular flexibility index (Phi) is 2.00. The molecule has 0 radical (unpaired) electrons. The molecular weight excluding hydrogens is 186 g/mol. The van der Waals surface area contributed by atoms with E-state index >= 15 is 0 Å². The van der Waals surface area contributed by atoms with Crippen molar-refractivity contribution in [2.24, 2.45) is 0 Å². The zero-order valence-corrected chi connectivity index (χ0v) is 8.14. The summed E-state index contributed by atoms with van der Waals surface area (Å²) in [5.74, 6) is 0.0584. The van der Waals surface area contributed by atoms with Crippen LogP contribution in [-0.2, 0) is 6.54 Å². The smallest absolute Gasteiger partial charge is 0.256 e. The zero-order valence-electron chi connectivity index (χ0n) is 7.38. The van der Waals surface area contributed by atoms with E-state index in [4.69, 9.17) is 11.6 Å². The number of halogens is 1. The summed E-state index contributed by atoms with van der Waals surface area (Å²) in [6.07, 6.45) is 0. The standard InChI is InChI=1S/C10H10ClNO/c1-2-12-6-7-4-3-5-8(11)9(7)10(12)13/h3-5H,2,6H2,1H3. The second kappa shape index (κ2) is 3.04. The number of benzene rings is 1. The number of nitrogens with zero attached hydrogens (tertiary/aromatic N) is 1. The topological polar surface area (TPSA) is 20.3 Å². The van der Waals surface area contributed by atoms with Crippen LogP contribution in [0, 0.1) is 0 Å². The first kappa shape index (κ1) is 8.57. The summed E-state index contributed by atoms with van der Waals surface area (Å²) >= 11 is 5.94. The number of hydrogen-bond acceptors (Lipinski definition) is 1. The predicted octanol–water partition coefficient (Wildman–Crippen LogP) is 2.32.